The van der Waals surface area contributed by atoms with Crippen molar-refractivity contribution in [3.8, 4) is 5.75 Å². The number of hydrogen-bond acceptors (Lipinski definition) is 5. The lowest BCUT2D eigenvalue weighted by Gasteiger charge is -2.39. The van der Waals surface area contributed by atoms with Gasteiger partial charge in [-0.05, 0) is 36.2 Å². The molecular weight excluding hydrogens is 421 g/mol. The smallest absolute Gasteiger partial charge is 0.259 e. The van der Waals surface area contributed by atoms with Gasteiger partial charge in [-0.1, -0.05) is 42.5 Å². The summed E-state index contributed by atoms with van der Waals surface area (Å²) < 4.78 is 15.4. The molecule has 1 atom stereocenters. The summed E-state index contributed by atoms with van der Waals surface area (Å²) in [5.41, 5.74) is 2.49. The van der Waals surface area contributed by atoms with E-state index in [1.165, 1.54) is 12.1 Å². The molecule has 6 nitrogen and oxygen atoms in total. The molecule has 0 amide bonds. The number of nitrogens with zero attached hydrogens (tertiary/aromatic N) is 3. The molecule has 174 valence electrons. The fourth-order valence-corrected chi connectivity index (χ4v) is 4.58. The van der Waals surface area contributed by atoms with Gasteiger partial charge in [0.2, 0.25) is 0 Å². The molecule has 2 aromatic carbocycles. The average molecular weight is 452 g/mol. The first-order valence-corrected chi connectivity index (χ1v) is 11.3. The number of aliphatic hydroxyl groups excluding tert-OH is 1. The van der Waals surface area contributed by atoms with Crippen LogP contribution in [0.3, 0.4) is 0 Å². The van der Waals surface area contributed by atoms with E-state index in [1.807, 2.05) is 37.3 Å². The van der Waals surface area contributed by atoms with Crippen LogP contribution in [0.25, 0.3) is 0 Å². The molecule has 0 saturated carbocycles. The van der Waals surface area contributed by atoms with Crippen LogP contribution in [-0.2, 0) is 6.54 Å². The highest BCUT2D eigenvalue weighted by atomic mass is 19.1. The van der Waals surface area contributed by atoms with Crippen LogP contribution in [0.4, 0.5) is 4.39 Å². The molecule has 1 aliphatic rings. The molecule has 1 aromatic heterocycles. The normalized spacial score (nSPS) is 16.1. The van der Waals surface area contributed by atoms with E-state index in [9.17, 15) is 19.4 Å². The van der Waals surface area contributed by atoms with E-state index in [2.05, 4.69) is 9.80 Å². The lowest BCUT2D eigenvalue weighted by atomic mass is 9.95. The lowest BCUT2D eigenvalue weighted by Crippen LogP contribution is -2.49. The topological polar surface area (TPSA) is 68.9 Å². The minimum Gasteiger partial charge on any atom is -0.507 e. The van der Waals surface area contributed by atoms with E-state index < -0.39 is 6.04 Å². The number of rotatable bonds is 7. The molecule has 2 heterocycles. The molecule has 4 rings (SSSR count). The molecule has 1 fully saturated rings. The number of hydrogen-bond donors (Lipinski definition) is 2. The number of piperazine rings is 1. The van der Waals surface area contributed by atoms with Crippen molar-refractivity contribution in [2.45, 2.75) is 19.5 Å². The van der Waals surface area contributed by atoms with E-state index in [1.54, 1.807) is 22.8 Å². The fraction of sp³-hybridized carbons (Fsp3) is 0.346. The average Bonchev–Trinajstić information content (AvgIpc) is 2.82. The molecule has 33 heavy (non-hydrogen) atoms. The molecule has 0 bridgehead atoms. The number of aryl methyl sites for hydroxylation is 1. The predicted octanol–water partition coefficient (Wildman–Crippen LogP) is 2.75. The third-order valence-corrected chi connectivity index (χ3v) is 6.35. The monoisotopic (exact) mass is 451 g/mol. The highest BCUT2D eigenvalue weighted by molar-refractivity contribution is 5.41. The van der Waals surface area contributed by atoms with Gasteiger partial charge in [-0.3, -0.25) is 14.6 Å². The van der Waals surface area contributed by atoms with Gasteiger partial charge >= 0.3 is 0 Å². The van der Waals surface area contributed by atoms with Crippen LogP contribution in [0.2, 0.25) is 0 Å². The quantitative estimate of drug-likeness (QED) is 0.578. The molecule has 1 saturated heterocycles. The molecule has 7 heteroatoms. The highest BCUT2D eigenvalue weighted by Gasteiger charge is 2.31. The van der Waals surface area contributed by atoms with E-state index in [0.717, 1.165) is 24.2 Å². The van der Waals surface area contributed by atoms with Crippen molar-refractivity contribution in [3.05, 3.63) is 99.2 Å². The second-order valence-corrected chi connectivity index (χ2v) is 8.52. The van der Waals surface area contributed by atoms with Crippen LogP contribution in [0.15, 0.2) is 65.5 Å². The van der Waals surface area contributed by atoms with E-state index in [0.29, 0.717) is 37.4 Å². The van der Waals surface area contributed by atoms with Gasteiger partial charge in [-0.2, -0.15) is 0 Å². The lowest BCUT2D eigenvalue weighted by molar-refractivity contribution is 0.0932. The first-order chi connectivity index (χ1) is 16.0. The zero-order chi connectivity index (χ0) is 23.4. The Morgan fingerprint density at radius 1 is 1.00 bits per heavy atom. The van der Waals surface area contributed by atoms with E-state index in [4.69, 9.17) is 0 Å². The first-order valence-electron chi connectivity index (χ1n) is 11.3. The van der Waals surface area contributed by atoms with Crippen LogP contribution in [-0.4, -0.2) is 63.9 Å². The van der Waals surface area contributed by atoms with Crippen molar-refractivity contribution in [2.24, 2.45) is 0 Å². The molecule has 0 spiro atoms. The summed E-state index contributed by atoms with van der Waals surface area (Å²) in [6.45, 7) is 5.72. The van der Waals surface area contributed by atoms with Crippen LogP contribution in [0, 0.1) is 12.7 Å². The summed E-state index contributed by atoms with van der Waals surface area (Å²) in [7, 11) is 0. The number of benzene rings is 2. The summed E-state index contributed by atoms with van der Waals surface area (Å²) in [6.07, 6.45) is 0. The number of aromatic nitrogens is 1. The van der Waals surface area contributed by atoms with Crippen LogP contribution < -0.4 is 5.56 Å². The van der Waals surface area contributed by atoms with Gasteiger partial charge in [0, 0.05) is 38.4 Å². The van der Waals surface area contributed by atoms with Crippen molar-refractivity contribution < 1.29 is 14.6 Å². The Bertz CT molecular complexity index is 1120. The number of pyridine rings is 1. The van der Waals surface area contributed by atoms with Gasteiger partial charge in [-0.15, -0.1) is 0 Å². The van der Waals surface area contributed by atoms with E-state index in [-0.39, 0.29) is 23.7 Å². The number of aromatic hydroxyl groups is 1. The Kier molecular flexibility index (Phi) is 7.23. The van der Waals surface area contributed by atoms with Crippen LogP contribution >= 0.6 is 0 Å². The predicted molar refractivity (Wildman–Crippen MR) is 126 cm³/mol. The number of halogens is 1. The summed E-state index contributed by atoms with van der Waals surface area (Å²) in [4.78, 5) is 18.1. The molecule has 2 N–H and O–H groups in total. The van der Waals surface area contributed by atoms with Gasteiger partial charge in [0.25, 0.3) is 5.56 Å². The maximum atomic E-state index is 13.8. The standard InChI is InChI=1S/C26H30FN3O3/c1-19-17-23(32)24(26(33)30(19)18-20-5-3-2-4-6-20)25(21-7-9-22(27)10-8-21)29-13-11-28(12-14-29)15-16-31/h2-10,17,25,31-32H,11-16,18H2,1H3/t25-/m1/s1. The second-order valence-electron chi connectivity index (χ2n) is 8.52. The van der Waals surface area contributed by atoms with Crippen molar-refractivity contribution in [1.82, 2.24) is 14.4 Å². The van der Waals surface area contributed by atoms with Gasteiger partial charge < -0.3 is 14.8 Å². The first kappa shape index (κ1) is 23.2. The van der Waals surface area contributed by atoms with Crippen LogP contribution in [0.1, 0.15) is 28.4 Å². The molecule has 0 radical (unpaired) electrons. The Hall–Kier alpha value is -3.00. The fourth-order valence-electron chi connectivity index (χ4n) is 4.58. The Balaban J connectivity index is 1.77. The molecule has 0 unspecified atom stereocenters. The molecule has 3 aromatic rings. The van der Waals surface area contributed by atoms with Gasteiger partial charge in [-0.25, -0.2) is 4.39 Å². The van der Waals surface area contributed by atoms with Crippen molar-refractivity contribution in [3.63, 3.8) is 0 Å². The van der Waals surface area contributed by atoms with Gasteiger partial charge in [0.1, 0.15) is 11.6 Å². The third kappa shape index (κ3) is 5.16. The van der Waals surface area contributed by atoms with Crippen molar-refractivity contribution >= 4 is 0 Å². The van der Waals surface area contributed by atoms with E-state index >= 15 is 0 Å². The Morgan fingerprint density at radius 3 is 2.30 bits per heavy atom. The SMILES string of the molecule is Cc1cc(O)c([C@@H](c2ccc(F)cc2)N2CCN(CCO)CC2)c(=O)n1Cc1ccccc1. The minimum atomic E-state index is -0.503. The molecule has 1 aliphatic heterocycles. The van der Waals surface area contributed by atoms with Gasteiger partial charge in [0.05, 0.1) is 24.8 Å². The maximum Gasteiger partial charge on any atom is 0.259 e. The maximum absolute atomic E-state index is 13.8. The second kappa shape index (κ2) is 10.3. The minimum absolute atomic E-state index is 0.0473. The van der Waals surface area contributed by atoms with Crippen molar-refractivity contribution in [1.29, 1.82) is 0 Å². The summed E-state index contributed by atoms with van der Waals surface area (Å²) in [5, 5.41) is 20.2. The Labute approximate surface area is 193 Å². The largest absolute Gasteiger partial charge is 0.507 e. The zero-order valence-electron chi connectivity index (χ0n) is 18.8. The highest BCUT2D eigenvalue weighted by Crippen LogP contribution is 2.33. The Morgan fingerprint density at radius 2 is 1.67 bits per heavy atom. The summed E-state index contributed by atoms with van der Waals surface area (Å²) in [5.74, 6) is -0.395. The number of aliphatic hydroxyl groups is 1. The van der Waals surface area contributed by atoms with Crippen LogP contribution in [0.5, 0.6) is 5.75 Å². The summed E-state index contributed by atoms with van der Waals surface area (Å²) >= 11 is 0. The zero-order valence-corrected chi connectivity index (χ0v) is 18.8. The molecule has 0 aliphatic carbocycles. The summed E-state index contributed by atoms with van der Waals surface area (Å²) in [6, 6.07) is 17.0. The molecular formula is C26H30FN3O3. The number of β-amino-alcohol motifs (C(OH)–C–C–N with tert-alkyl or cyclic N) is 1. The van der Waals surface area contributed by atoms with Gasteiger partial charge in [0.15, 0.2) is 0 Å². The third-order valence-electron chi connectivity index (χ3n) is 6.35. The van der Waals surface area contributed by atoms with Crippen molar-refractivity contribution in [2.75, 3.05) is 39.3 Å².